The van der Waals surface area contributed by atoms with Gasteiger partial charge in [0.25, 0.3) is 0 Å². The molecule has 0 aliphatic carbocycles. The number of hydrogen-bond donors (Lipinski definition) is 0. The van der Waals surface area contributed by atoms with E-state index in [4.69, 9.17) is 14.2 Å². The Morgan fingerprint density at radius 1 is 1.00 bits per heavy atom. The van der Waals surface area contributed by atoms with Gasteiger partial charge >= 0.3 is 17.9 Å². The fourth-order valence-corrected chi connectivity index (χ4v) is 1.68. The highest BCUT2D eigenvalue weighted by molar-refractivity contribution is 5.79. The third kappa shape index (κ3) is 5.64. The fourth-order valence-electron chi connectivity index (χ4n) is 1.68. The molecule has 0 saturated carbocycles. The Bertz CT molecular complexity index is 505. The number of rotatable bonds is 6. The molecule has 114 valence electrons. The minimum absolute atomic E-state index is 0.0962. The summed E-state index contributed by atoms with van der Waals surface area (Å²) < 4.78 is 14.8. The number of carbonyl (C=O) groups is 3. The first-order valence-electron chi connectivity index (χ1n) is 6.52. The zero-order valence-electron chi connectivity index (χ0n) is 12.3. The molecule has 1 aromatic rings. The Labute approximate surface area is 123 Å². The Balaban J connectivity index is 2.88. The quantitative estimate of drug-likeness (QED) is 0.588. The van der Waals surface area contributed by atoms with Crippen LogP contribution in [-0.4, -0.2) is 31.1 Å². The molecule has 0 radical (unpaired) electrons. The average Bonchev–Trinajstić information content (AvgIpc) is 2.40. The summed E-state index contributed by atoms with van der Waals surface area (Å²) >= 11 is 0. The Morgan fingerprint density at radius 3 is 2.10 bits per heavy atom. The molecule has 0 amide bonds. The Morgan fingerprint density at radius 2 is 1.62 bits per heavy atom. The number of hydrogen-bond acceptors (Lipinski definition) is 6. The summed E-state index contributed by atoms with van der Waals surface area (Å²) in [7, 11) is 0. The molecule has 6 heteroatoms. The summed E-state index contributed by atoms with van der Waals surface area (Å²) in [5.41, 5.74) is 0.616. The van der Waals surface area contributed by atoms with Crippen LogP contribution in [0.1, 0.15) is 32.3 Å². The largest absolute Gasteiger partial charge is 0.465 e. The number of carbonyl (C=O) groups excluding carboxylic acids is 3. The molecule has 0 heterocycles. The Hall–Kier alpha value is -2.37. The van der Waals surface area contributed by atoms with Crippen molar-refractivity contribution in [2.75, 3.05) is 13.2 Å². The van der Waals surface area contributed by atoms with Gasteiger partial charge in [-0.05, 0) is 24.6 Å². The van der Waals surface area contributed by atoms with Crippen molar-refractivity contribution in [3.63, 3.8) is 0 Å². The van der Waals surface area contributed by atoms with Gasteiger partial charge in [-0.25, -0.2) is 0 Å². The topological polar surface area (TPSA) is 78.9 Å². The van der Waals surface area contributed by atoms with Crippen LogP contribution in [0.4, 0.5) is 0 Å². The second kappa shape index (κ2) is 8.04. The average molecular weight is 294 g/mol. The molecular weight excluding hydrogens is 276 g/mol. The molecule has 1 atom stereocenters. The van der Waals surface area contributed by atoms with E-state index in [-0.39, 0.29) is 13.2 Å². The van der Waals surface area contributed by atoms with E-state index in [9.17, 15) is 14.4 Å². The Kier molecular flexibility index (Phi) is 6.39. The molecule has 6 nitrogen and oxygen atoms in total. The van der Waals surface area contributed by atoms with Gasteiger partial charge in [0.05, 0.1) is 6.61 Å². The lowest BCUT2D eigenvalue weighted by molar-refractivity contribution is -0.150. The number of benzene rings is 1. The highest BCUT2D eigenvalue weighted by Gasteiger charge is 2.23. The summed E-state index contributed by atoms with van der Waals surface area (Å²) in [6, 6.07) is 6.39. The first kappa shape index (κ1) is 16.7. The van der Waals surface area contributed by atoms with Crippen molar-refractivity contribution in [2.45, 2.75) is 26.7 Å². The van der Waals surface area contributed by atoms with E-state index < -0.39 is 23.8 Å². The van der Waals surface area contributed by atoms with Crippen molar-refractivity contribution < 1.29 is 28.6 Å². The van der Waals surface area contributed by atoms with Crippen LogP contribution in [0.15, 0.2) is 24.3 Å². The van der Waals surface area contributed by atoms with Crippen LogP contribution in [0, 0.1) is 0 Å². The maximum atomic E-state index is 11.9. The van der Waals surface area contributed by atoms with Gasteiger partial charge in [0.15, 0.2) is 0 Å². The van der Waals surface area contributed by atoms with Crippen LogP contribution in [0.3, 0.4) is 0 Å². The van der Waals surface area contributed by atoms with Crippen molar-refractivity contribution in [3.05, 3.63) is 29.8 Å². The number of esters is 3. The van der Waals surface area contributed by atoms with Crippen molar-refractivity contribution in [3.8, 4) is 5.75 Å². The van der Waals surface area contributed by atoms with Crippen LogP contribution in [0.25, 0.3) is 0 Å². The van der Waals surface area contributed by atoms with Gasteiger partial charge in [-0.3, -0.25) is 14.4 Å². The predicted molar refractivity (Wildman–Crippen MR) is 73.8 cm³/mol. The number of ether oxygens (including phenoxy) is 3. The summed E-state index contributed by atoms with van der Waals surface area (Å²) in [4.78, 5) is 33.7. The van der Waals surface area contributed by atoms with Crippen LogP contribution >= 0.6 is 0 Å². The lowest BCUT2D eigenvalue weighted by atomic mass is 10.00. The maximum absolute atomic E-state index is 11.9. The van der Waals surface area contributed by atoms with Crippen molar-refractivity contribution in [1.29, 1.82) is 0 Å². The van der Waals surface area contributed by atoms with Gasteiger partial charge in [0, 0.05) is 13.8 Å². The van der Waals surface area contributed by atoms with Gasteiger partial charge < -0.3 is 14.2 Å². The van der Waals surface area contributed by atoms with E-state index >= 15 is 0 Å². The van der Waals surface area contributed by atoms with Gasteiger partial charge in [0.1, 0.15) is 18.3 Å². The summed E-state index contributed by atoms with van der Waals surface area (Å²) in [6.07, 6.45) is 0. The lowest BCUT2D eigenvalue weighted by Gasteiger charge is -2.16. The third-order valence-corrected chi connectivity index (χ3v) is 2.57. The molecular formula is C15H18O6. The van der Waals surface area contributed by atoms with Gasteiger partial charge in [-0.2, -0.15) is 0 Å². The minimum atomic E-state index is -0.708. The van der Waals surface area contributed by atoms with Crippen molar-refractivity contribution in [2.24, 2.45) is 0 Å². The third-order valence-electron chi connectivity index (χ3n) is 2.57. The molecule has 0 aliphatic rings. The van der Waals surface area contributed by atoms with E-state index in [2.05, 4.69) is 0 Å². The van der Waals surface area contributed by atoms with Gasteiger partial charge in [-0.1, -0.05) is 12.1 Å². The second-order valence-corrected chi connectivity index (χ2v) is 4.27. The highest BCUT2D eigenvalue weighted by atomic mass is 16.5. The van der Waals surface area contributed by atoms with Gasteiger partial charge in [0.2, 0.25) is 0 Å². The van der Waals surface area contributed by atoms with E-state index in [0.717, 1.165) is 0 Å². The molecule has 0 aromatic heterocycles. The maximum Gasteiger partial charge on any atom is 0.316 e. The fraction of sp³-hybridized carbons (Fsp3) is 0.400. The monoisotopic (exact) mass is 294 g/mol. The molecule has 1 unspecified atom stereocenters. The summed E-state index contributed by atoms with van der Waals surface area (Å²) in [5.74, 6) is -1.70. The van der Waals surface area contributed by atoms with E-state index in [1.807, 2.05) is 0 Å². The minimum Gasteiger partial charge on any atom is -0.465 e. The zero-order valence-corrected chi connectivity index (χ0v) is 12.3. The zero-order chi connectivity index (χ0) is 15.8. The predicted octanol–water partition coefficient (Wildman–Crippen LogP) is 1.82. The molecule has 0 spiro atoms. The molecule has 0 bridgehead atoms. The molecule has 0 aliphatic heterocycles. The van der Waals surface area contributed by atoms with E-state index in [1.165, 1.54) is 13.8 Å². The molecule has 0 N–H and O–H groups in total. The highest BCUT2D eigenvalue weighted by Crippen LogP contribution is 2.21. The van der Waals surface area contributed by atoms with Crippen LogP contribution in [-0.2, 0) is 23.9 Å². The second-order valence-electron chi connectivity index (χ2n) is 4.27. The molecule has 1 aromatic carbocycles. The molecule has 21 heavy (non-hydrogen) atoms. The molecule has 0 saturated heterocycles. The van der Waals surface area contributed by atoms with Crippen LogP contribution in [0.5, 0.6) is 5.75 Å². The van der Waals surface area contributed by atoms with E-state index in [0.29, 0.717) is 11.3 Å². The molecule has 1 rings (SSSR count). The van der Waals surface area contributed by atoms with Crippen LogP contribution < -0.4 is 4.74 Å². The first-order valence-corrected chi connectivity index (χ1v) is 6.52. The smallest absolute Gasteiger partial charge is 0.316 e. The standard InChI is InChI=1S/C15H18O6/c1-4-19-15(18)14(9-20-10(2)16)12-5-7-13(8-6-12)21-11(3)17/h5-8,14H,4,9H2,1-3H3. The SMILES string of the molecule is CCOC(=O)C(COC(C)=O)c1ccc(OC(C)=O)cc1. The first-order chi connectivity index (χ1) is 9.93. The molecule has 0 fully saturated rings. The van der Waals surface area contributed by atoms with E-state index in [1.54, 1.807) is 31.2 Å². The normalized spacial score (nSPS) is 11.4. The summed E-state index contributed by atoms with van der Waals surface area (Å²) in [6.45, 7) is 4.41. The van der Waals surface area contributed by atoms with Crippen molar-refractivity contribution >= 4 is 17.9 Å². The van der Waals surface area contributed by atoms with Gasteiger partial charge in [-0.15, -0.1) is 0 Å². The van der Waals surface area contributed by atoms with Crippen LogP contribution in [0.2, 0.25) is 0 Å². The summed E-state index contributed by atoms with van der Waals surface area (Å²) in [5, 5.41) is 0. The van der Waals surface area contributed by atoms with Crippen molar-refractivity contribution in [1.82, 2.24) is 0 Å². The lowest BCUT2D eigenvalue weighted by Crippen LogP contribution is -2.22.